The van der Waals surface area contributed by atoms with Gasteiger partial charge in [-0.25, -0.2) is 4.98 Å². The Morgan fingerprint density at radius 3 is 2.30 bits per heavy atom. The van der Waals surface area contributed by atoms with E-state index in [4.69, 9.17) is 10.7 Å². The Hall–Kier alpha value is -0.230. The van der Waals surface area contributed by atoms with E-state index in [0.29, 0.717) is 0 Å². The van der Waals surface area contributed by atoms with Crippen molar-refractivity contribution in [3.63, 3.8) is 0 Å². The molecule has 2 aromatic rings. The normalized spacial score (nSPS) is 13.5. The van der Waals surface area contributed by atoms with Crippen molar-refractivity contribution in [2.24, 2.45) is 5.73 Å². The molecule has 5 heteroatoms. The topological polar surface area (TPSA) is 38.9 Å². The second-order valence-corrected chi connectivity index (χ2v) is 8.66. The van der Waals surface area contributed by atoms with E-state index in [1.165, 1.54) is 0 Å². The Kier molecular flexibility index (Phi) is 5.05. The standard InChI is InChI=1S/C15H18Br2N2S/c1-15(2,3)13-8-20-14(19-13)7-12(18)9-4-10(16)6-11(17)5-9/h4-6,8,12H,7,18H2,1-3H3. The van der Waals surface area contributed by atoms with Gasteiger partial charge < -0.3 is 5.73 Å². The van der Waals surface area contributed by atoms with Crippen LogP contribution in [0.1, 0.15) is 43.1 Å². The number of hydrogen-bond donors (Lipinski definition) is 1. The molecule has 1 aromatic carbocycles. The third kappa shape index (κ3) is 4.13. The minimum absolute atomic E-state index is 0.0391. The van der Waals surface area contributed by atoms with Gasteiger partial charge in [0, 0.05) is 32.2 Å². The van der Waals surface area contributed by atoms with Gasteiger partial charge in [-0.3, -0.25) is 0 Å². The van der Waals surface area contributed by atoms with Crippen LogP contribution in [-0.4, -0.2) is 4.98 Å². The van der Waals surface area contributed by atoms with Gasteiger partial charge >= 0.3 is 0 Å². The molecule has 1 aromatic heterocycles. The Labute approximate surface area is 141 Å². The maximum Gasteiger partial charge on any atom is 0.0947 e. The number of hydrogen-bond acceptors (Lipinski definition) is 3. The highest BCUT2D eigenvalue weighted by molar-refractivity contribution is 9.11. The number of nitrogens with two attached hydrogens (primary N) is 1. The number of thiazole rings is 1. The smallest absolute Gasteiger partial charge is 0.0947 e. The summed E-state index contributed by atoms with van der Waals surface area (Å²) in [7, 11) is 0. The van der Waals surface area contributed by atoms with Crippen molar-refractivity contribution in [1.82, 2.24) is 4.98 Å². The number of halogens is 2. The summed E-state index contributed by atoms with van der Waals surface area (Å²) >= 11 is 8.69. The maximum atomic E-state index is 6.31. The summed E-state index contributed by atoms with van der Waals surface area (Å²) in [6, 6.07) is 6.10. The summed E-state index contributed by atoms with van der Waals surface area (Å²) in [4.78, 5) is 4.71. The molecule has 0 saturated heterocycles. The first-order valence-corrected chi connectivity index (χ1v) is 8.89. The molecule has 1 heterocycles. The largest absolute Gasteiger partial charge is 0.324 e. The molecule has 0 radical (unpaired) electrons. The second kappa shape index (κ2) is 6.26. The molecule has 0 fully saturated rings. The minimum atomic E-state index is -0.0391. The Morgan fingerprint density at radius 2 is 1.80 bits per heavy atom. The molecule has 20 heavy (non-hydrogen) atoms. The zero-order valence-electron chi connectivity index (χ0n) is 11.8. The van der Waals surface area contributed by atoms with Crippen molar-refractivity contribution < 1.29 is 0 Å². The van der Waals surface area contributed by atoms with Crippen molar-refractivity contribution in [1.29, 1.82) is 0 Å². The minimum Gasteiger partial charge on any atom is -0.324 e. The Balaban J connectivity index is 2.15. The first kappa shape index (κ1) is 16.1. The van der Waals surface area contributed by atoms with Crippen molar-refractivity contribution in [3.8, 4) is 0 Å². The summed E-state index contributed by atoms with van der Waals surface area (Å²) in [5.74, 6) is 0. The molecule has 0 aliphatic rings. The zero-order valence-corrected chi connectivity index (χ0v) is 15.8. The first-order valence-electron chi connectivity index (χ1n) is 6.42. The molecule has 1 unspecified atom stereocenters. The Bertz CT molecular complexity index is 582. The zero-order chi connectivity index (χ0) is 14.9. The summed E-state index contributed by atoms with van der Waals surface area (Å²) in [6.45, 7) is 6.53. The summed E-state index contributed by atoms with van der Waals surface area (Å²) in [5.41, 5.74) is 8.65. The number of benzene rings is 1. The predicted molar refractivity (Wildman–Crippen MR) is 93.3 cm³/mol. The van der Waals surface area contributed by atoms with Crippen LogP contribution in [0.2, 0.25) is 0 Å². The van der Waals surface area contributed by atoms with Crippen LogP contribution in [0, 0.1) is 0 Å². The Morgan fingerprint density at radius 1 is 1.20 bits per heavy atom. The molecule has 0 saturated carbocycles. The highest BCUT2D eigenvalue weighted by Crippen LogP contribution is 2.28. The quantitative estimate of drug-likeness (QED) is 0.744. The third-order valence-electron chi connectivity index (χ3n) is 3.03. The molecule has 2 nitrogen and oxygen atoms in total. The summed E-state index contributed by atoms with van der Waals surface area (Å²) in [6.07, 6.45) is 0.768. The van der Waals surface area contributed by atoms with Gasteiger partial charge in [-0.2, -0.15) is 0 Å². The van der Waals surface area contributed by atoms with E-state index in [-0.39, 0.29) is 11.5 Å². The highest BCUT2D eigenvalue weighted by atomic mass is 79.9. The number of nitrogens with zero attached hydrogens (tertiary/aromatic N) is 1. The second-order valence-electron chi connectivity index (χ2n) is 5.89. The average Bonchev–Trinajstić information content (AvgIpc) is 2.75. The van der Waals surface area contributed by atoms with Crippen molar-refractivity contribution in [2.45, 2.75) is 38.6 Å². The van der Waals surface area contributed by atoms with Gasteiger partial charge in [-0.15, -0.1) is 11.3 Å². The van der Waals surface area contributed by atoms with Crippen LogP contribution in [0.4, 0.5) is 0 Å². The van der Waals surface area contributed by atoms with Crippen LogP contribution < -0.4 is 5.73 Å². The van der Waals surface area contributed by atoms with Gasteiger partial charge in [0.1, 0.15) is 0 Å². The monoisotopic (exact) mass is 416 g/mol. The average molecular weight is 418 g/mol. The van der Waals surface area contributed by atoms with Crippen molar-refractivity contribution >= 4 is 43.2 Å². The van der Waals surface area contributed by atoms with Gasteiger partial charge in [-0.05, 0) is 23.8 Å². The van der Waals surface area contributed by atoms with E-state index in [9.17, 15) is 0 Å². The third-order valence-corrected chi connectivity index (χ3v) is 4.81. The fourth-order valence-corrected chi connectivity index (χ4v) is 4.25. The van der Waals surface area contributed by atoms with E-state index in [0.717, 1.165) is 31.6 Å². The molecule has 1 atom stereocenters. The van der Waals surface area contributed by atoms with E-state index < -0.39 is 0 Å². The van der Waals surface area contributed by atoms with Gasteiger partial charge in [0.2, 0.25) is 0 Å². The molecule has 0 aliphatic heterocycles. The number of aromatic nitrogens is 1. The van der Waals surface area contributed by atoms with E-state index >= 15 is 0 Å². The SMILES string of the molecule is CC(C)(C)c1csc(CC(N)c2cc(Br)cc(Br)c2)n1. The van der Waals surface area contributed by atoms with Crippen LogP contribution in [0.15, 0.2) is 32.5 Å². The van der Waals surface area contributed by atoms with E-state index in [1.54, 1.807) is 11.3 Å². The van der Waals surface area contributed by atoms with Gasteiger partial charge in [0.25, 0.3) is 0 Å². The fraction of sp³-hybridized carbons (Fsp3) is 0.400. The lowest BCUT2D eigenvalue weighted by Crippen LogP contribution is -2.15. The van der Waals surface area contributed by atoms with Crippen LogP contribution in [0.3, 0.4) is 0 Å². The molecule has 0 bridgehead atoms. The molecular formula is C15H18Br2N2S. The molecule has 0 aliphatic carbocycles. The van der Waals surface area contributed by atoms with E-state index in [1.807, 2.05) is 6.07 Å². The lowest BCUT2D eigenvalue weighted by atomic mass is 9.93. The molecule has 0 amide bonds. The molecule has 0 spiro atoms. The van der Waals surface area contributed by atoms with Crippen LogP contribution in [-0.2, 0) is 11.8 Å². The highest BCUT2D eigenvalue weighted by Gasteiger charge is 2.18. The van der Waals surface area contributed by atoms with Gasteiger partial charge in [0.05, 0.1) is 10.7 Å². The predicted octanol–water partition coefficient (Wildman–Crippen LogP) is 5.21. The summed E-state index contributed by atoms with van der Waals surface area (Å²) < 4.78 is 2.07. The fourth-order valence-electron chi connectivity index (χ4n) is 1.84. The molecular weight excluding hydrogens is 400 g/mol. The summed E-state index contributed by atoms with van der Waals surface area (Å²) in [5, 5.41) is 3.23. The van der Waals surface area contributed by atoms with Crippen molar-refractivity contribution in [3.05, 3.63) is 48.8 Å². The van der Waals surface area contributed by atoms with Crippen LogP contribution >= 0.6 is 43.2 Å². The van der Waals surface area contributed by atoms with E-state index in [2.05, 4.69) is 70.1 Å². The maximum absolute atomic E-state index is 6.31. The molecule has 2 rings (SSSR count). The lowest BCUT2D eigenvalue weighted by Gasteiger charge is -2.15. The van der Waals surface area contributed by atoms with Crippen molar-refractivity contribution in [2.75, 3.05) is 0 Å². The lowest BCUT2D eigenvalue weighted by molar-refractivity contribution is 0.569. The molecule has 108 valence electrons. The molecule has 2 N–H and O–H groups in total. The van der Waals surface area contributed by atoms with Gasteiger partial charge in [0.15, 0.2) is 0 Å². The first-order chi connectivity index (χ1) is 9.25. The van der Waals surface area contributed by atoms with Crippen LogP contribution in [0.25, 0.3) is 0 Å². The van der Waals surface area contributed by atoms with Crippen LogP contribution in [0.5, 0.6) is 0 Å². The van der Waals surface area contributed by atoms with Gasteiger partial charge in [-0.1, -0.05) is 52.6 Å². The number of rotatable bonds is 3.